The first kappa shape index (κ1) is 18.6. The summed E-state index contributed by atoms with van der Waals surface area (Å²) in [6.45, 7) is 4.80. The molecule has 0 aliphatic carbocycles. The van der Waals surface area contributed by atoms with E-state index in [1.807, 2.05) is 13.8 Å². The van der Waals surface area contributed by atoms with E-state index in [2.05, 4.69) is 10.5 Å². The number of benzene rings is 2. The van der Waals surface area contributed by atoms with Crippen LogP contribution in [0.5, 0.6) is 11.5 Å². The zero-order valence-electron chi connectivity index (χ0n) is 13.9. The van der Waals surface area contributed by atoms with Crippen LogP contribution in [0.4, 0.5) is 18.9 Å². The van der Waals surface area contributed by atoms with Gasteiger partial charge in [-0.3, -0.25) is 5.43 Å². The van der Waals surface area contributed by atoms with Gasteiger partial charge in [-0.2, -0.15) is 18.3 Å². The lowest BCUT2D eigenvalue weighted by Crippen LogP contribution is -2.04. The Kier molecular flexibility index (Phi) is 6.27. The first-order chi connectivity index (χ1) is 11.9. The molecule has 1 N–H and O–H groups in total. The molecule has 2 rings (SSSR count). The second kappa shape index (κ2) is 8.41. The van der Waals surface area contributed by atoms with Gasteiger partial charge in [-0.25, -0.2) is 0 Å². The smallest absolute Gasteiger partial charge is 0.416 e. The maximum Gasteiger partial charge on any atom is 0.416 e. The van der Waals surface area contributed by atoms with E-state index in [1.165, 1.54) is 12.1 Å². The summed E-state index contributed by atoms with van der Waals surface area (Å²) in [6, 6.07) is 10.0. The van der Waals surface area contributed by atoms with Crippen molar-refractivity contribution in [3.05, 3.63) is 53.6 Å². The normalized spacial score (nSPS) is 11.6. The van der Waals surface area contributed by atoms with Crippen molar-refractivity contribution in [2.24, 2.45) is 5.10 Å². The van der Waals surface area contributed by atoms with E-state index in [0.717, 1.165) is 17.7 Å². The molecule has 2 aromatic carbocycles. The van der Waals surface area contributed by atoms with Crippen LogP contribution in [-0.4, -0.2) is 19.4 Å². The van der Waals surface area contributed by atoms with Crippen LogP contribution >= 0.6 is 0 Å². The Morgan fingerprint density at radius 1 is 1.00 bits per heavy atom. The van der Waals surface area contributed by atoms with Crippen LogP contribution in [0.2, 0.25) is 0 Å². The lowest BCUT2D eigenvalue weighted by molar-refractivity contribution is -0.137. The molecule has 0 amide bonds. The van der Waals surface area contributed by atoms with Gasteiger partial charge in [0, 0.05) is 11.6 Å². The Morgan fingerprint density at radius 3 is 2.28 bits per heavy atom. The zero-order chi connectivity index (χ0) is 18.3. The molecule has 25 heavy (non-hydrogen) atoms. The van der Waals surface area contributed by atoms with Crippen molar-refractivity contribution >= 4 is 11.9 Å². The maximum absolute atomic E-state index is 12.5. The standard InChI is InChI=1S/C18H19F3N2O2/c1-3-24-16-10-5-13(17(11-16)25-4-2)12-22-23-15-8-6-14(7-9-15)18(19,20)21/h5-12,23H,3-4H2,1-2H3/b22-12+. The summed E-state index contributed by atoms with van der Waals surface area (Å²) in [5.74, 6) is 1.31. The van der Waals surface area contributed by atoms with Gasteiger partial charge in [0.15, 0.2) is 0 Å². The number of halogens is 3. The van der Waals surface area contributed by atoms with Crippen LogP contribution < -0.4 is 14.9 Å². The predicted octanol–water partition coefficient (Wildman–Crippen LogP) is 4.95. The molecule has 0 radical (unpaired) electrons. The summed E-state index contributed by atoms with van der Waals surface area (Å²) in [7, 11) is 0. The molecule has 0 saturated carbocycles. The Labute approximate surface area is 144 Å². The molecular formula is C18H19F3N2O2. The number of hydrogen-bond donors (Lipinski definition) is 1. The van der Waals surface area contributed by atoms with E-state index in [4.69, 9.17) is 9.47 Å². The lowest BCUT2D eigenvalue weighted by Gasteiger charge is -2.10. The quantitative estimate of drug-likeness (QED) is 0.566. The monoisotopic (exact) mass is 352 g/mol. The summed E-state index contributed by atoms with van der Waals surface area (Å²) >= 11 is 0. The Morgan fingerprint density at radius 2 is 1.68 bits per heavy atom. The minimum atomic E-state index is -4.35. The van der Waals surface area contributed by atoms with Gasteiger partial charge in [-0.15, -0.1) is 0 Å². The minimum absolute atomic E-state index is 0.452. The fourth-order valence-electron chi connectivity index (χ4n) is 2.07. The highest BCUT2D eigenvalue weighted by atomic mass is 19.4. The molecule has 0 fully saturated rings. The number of ether oxygens (including phenoxy) is 2. The molecule has 0 aliphatic heterocycles. The van der Waals surface area contributed by atoms with Crippen LogP contribution in [0.15, 0.2) is 47.6 Å². The number of hydrazone groups is 1. The molecule has 0 aromatic heterocycles. The van der Waals surface area contributed by atoms with E-state index in [-0.39, 0.29) is 0 Å². The molecule has 0 aliphatic rings. The third-order valence-corrected chi connectivity index (χ3v) is 3.21. The molecule has 0 heterocycles. The first-order valence-electron chi connectivity index (χ1n) is 7.80. The number of nitrogens with zero attached hydrogens (tertiary/aromatic N) is 1. The summed E-state index contributed by atoms with van der Waals surface area (Å²) in [5.41, 5.74) is 3.17. The number of nitrogens with one attached hydrogen (secondary N) is 1. The number of hydrogen-bond acceptors (Lipinski definition) is 4. The molecule has 0 atom stereocenters. The number of anilines is 1. The van der Waals surface area contributed by atoms with E-state index < -0.39 is 11.7 Å². The molecule has 0 unspecified atom stereocenters. The van der Waals surface area contributed by atoms with E-state index in [9.17, 15) is 13.2 Å². The van der Waals surface area contributed by atoms with Crippen LogP contribution in [0.3, 0.4) is 0 Å². The second-order valence-electron chi connectivity index (χ2n) is 5.01. The van der Waals surface area contributed by atoms with Gasteiger partial charge in [0.1, 0.15) is 11.5 Å². The summed E-state index contributed by atoms with van der Waals surface area (Å²) < 4.78 is 48.6. The van der Waals surface area contributed by atoms with Crippen molar-refractivity contribution in [1.29, 1.82) is 0 Å². The largest absolute Gasteiger partial charge is 0.494 e. The number of rotatable bonds is 7. The average Bonchev–Trinajstić information content (AvgIpc) is 2.57. The highest BCUT2D eigenvalue weighted by Gasteiger charge is 2.29. The van der Waals surface area contributed by atoms with Gasteiger partial charge >= 0.3 is 6.18 Å². The SMILES string of the molecule is CCOc1ccc(/C=N/Nc2ccc(C(F)(F)F)cc2)c(OCC)c1. The molecular weight excluding hydrogens is 333 g/mol. The lowest BCUT2D eigenvalue weighted by atomic mass is 10.2. The molecule has 134 valence electrons. The predicted molar refractivity (Wildman–Crippen MR) is 91.4 cm³/mol. The van der Waals surface area contributed by atoms with Crippen molar-refractivity contribution in [2.45, 2.75) is 20.0 Å². The summed E-state index contributed by atoms with van der Waals surface area (Å²) in [5, 5.41) is 4.05. The highest BCUT2D eigenvalue weighted by molar-refractivity contribution is 5.84. The molecule has 0 spiro atoms. The molecule has 4 nitrogen and oxygen atoms in total. The van der Waals surface area contributed by atoms with Crippen molar-refractivity contribution in [1.82, 2.24) is 0 Å². The van der Waals surface area contributed by atoms with Crippen LogP contribution in [0.25, 0.3) is 0 Å². The average molecular weight is 352 g/mol. The second-order valence-corrected chi connectivity index (χ2v) is 5.01. The van der Waals surface area contributed by atoms with Gasteiger partial charge in [0.25, 0.3) is 0 Å². The fraction of sp³-hybridized carbons (Fsp3) is 0.278. The van der Waals surface area contributed by atoms with Crippen molar-refractivity contribution in [3.63, 3.8) is 0 Å². The van der Waals surface area contributed by atoms with Crippen LogP contribution in [0.1, 0.15) is 25.0 Å². The van der Waals surface area contributed by atoms with Crippen LogP contribution in [-0.2, 0) is 6.18 Å². The van der Waals surface area contributed by atoms with Crippen LogP contribution in [0, 0.1) is 0 Å². The molecule has 7 heteroatoms. The Balaban J connectivity index is 2.08. The third-order valence-electron chi connectivity index (χ3n) is 3.21. The first-order valence-corrected chi connectivity index (χ1v) is 7.80. The Bertz CT molecular complexity index is 713. The van der Waals surface area contributed by atoms with Crippen molar-refractivity contribution in [2.75, 3.05) is 18.6 Å². The minimum Gasteiger partial charge on any atom is -0.494 e. The van der Waals surface area contributed by atoms with E-state index in [0.29, 0.717) is 30.4 Å². The summed E-state index contributed by atoms with van der Waals surface area (Å²) in [4.78, 5) is 0. The topological polar surface area (TPSA) is 42.8 Å². The summed E-state index contributed by atoms with van der Waals surface area (Å²) in [6.07, 6.45) is -2.81. The highest BCUT2D eigenvalue weighted by Crippen LogP contribution is 2.30. The Hall–Kier alpha value is -2.70. The van der Waals surface area contributed by atoms with Gasteiger partial charge in [-0.1, -0.05) is 0 Å². The van der Waals surface area contributed by atoms with E-state index >= 15 is 0 Å². The molecule has 2 aromatic rings. The van der Waals surface area contributed by atoms with Gasteiger partial charge in [0.05, 0.1) is 30.7 Å². The van der Waals surface area contributed by atoms with Crippen molar-refractivity contribution < 1.29 is 22.6 Å². The maximum atomic E-state index is 12.5. The van der Waals surface area contributed by atoms with Gasteiger partial charge in [-0.05, 0) is 50.2 Å². The van der Waals surface area contributed by atoms with Gasteiger partial charge in [0.2, 0.25) is 0 Å². The van der Waals surface area contributed by atoms with Gasteiger partial charge < -0.3 is 9.47 Å². The zero-order valence-corrected chi connectivity index (χ0v) is 13.9. The molecule has 0 bridgehead atoms. The number of alkyl halides is 3. The van der Waals surface area contributed by atoms with Crippen molar-refractivity contribution in [3.8, 4) is 11.5 Å². The molecule has 0 saturated heterocycles. The fourth-order valence-corrected chi connectivity index (χ4v) is 2.07. The van der Waals surface area contributed by atoms with E-state index in [1.54, 1.807) is 24.4 Å². The third kappa shape index (κ3) is 5.41.